The zero-order chi connectivity index (χ0) is 13.9. The van der Waals surface area contributed by atoms with Crippen LogP contribution >= 0.6 is 11.3 Å². The molecule has 2 fully saturated rings. The van der Waals surface area contributed by atoms with E-state index >= 15 is 0 Å². The molecule has 1 aliphatic carbocycles. The Morgan fingerprint density at radius 1 is 1.45 bits per heavy atom. The third-order valence-corrected chi connectivity index (χ3v) is 5.83. The predicted octanol–water partition coefficient (Wildman–Crippen LogP) is 3.10. The van der Waals surface area contributed by atoms with Crippen LogP contribution in [0.2, 0.25) is 0 Å². The average molecular weight is 293 g/mol. The highest BCUT2D eigenvalue weighted by atomic mass is 32.1. The van der Waals surface area contributed by atoms with E-state index in [9.17, 15) is 4.79 Å². The molecule has 0 radical (unpaired) electrons. The molecular formula is C16H23NO2S. The lowest BCUT2D eigenvalue weighted by Gasteiger charge is -2.33. The number of carbonyl (C=O) groups is 1. The zero-order valence-electron chi connectivity index (χ0n) is 12.1. The number of nitrogens with zero attached hydrogens (tertiary/aromatic N) is 1. The van der Waals surface area contributed by atoms with Crippen LogP contribution in [0, 0.1) is 5.92 Å². The summed E-state index contributed by atoms with van der Waals surface area (Å²) in [6.45, 7) is 0.988. The number of rotatable bonds is 4. The molecule has 2 heterocycles. The van der Waals surface area contributed by atoms with Gasteiger partial charge in [0.2, 0.25) is 0 Å². The van der Waals surface area contributed by atoms with Crippen LogP contribution in [0.5, 0.6) is 0 Å². The molecule has 1 saturated heterocycles. The minimum Gasteiger partial charge on any atom is -0.468 e. The molecule has 0 amide bonds. The minimum atomic E-state index is -0.0365. The van der Waals surface area contributed by atoms with E-state index in [1.165, 1.54) is 37.7 Å². The molecule has 3 rings (SSSR count). The van der Waals surface area contributed by atoms with Crippen LogP contribution in [0.25, 0.3) is 0 Å². The van der Waals surface area contributed by atoms with Gasteiger partial charge in [-0.1, -0.05) is 18.9 Å². The number of esters is 1. The Hall–Kier alpha value is -0.870. The first-order chi connectivity index (χ1) is 9.79. The average Bonchev–Trinajstić information content (AvgIpc) is 3.11. The van der Waals surface area contributed by atoms with Gasteiger partial charge in [0.05, 0.1) is 7.11 Å². The van der Waals surface area contributed by atoms with E-state index in [0.717, 1.165) is 19.4 Å². The van der Waals surface area contributed by atoms with Gasteiger partial charge in [0.25, 0.3) is 0 Å². The summed E-state index contributed by atoms with van der Waals surface area (Å²) in [6.07, 6.45) is 7.23. The molecule has 3 atom stereocenters. The molecule has 1 saturated carbocycles. The number of fused-ring (bicyclic) bond motifs is 1. The highest BCUT2D eigenvalue weighted by Crippen LogP contribution is 2.40. The van der Waals surface area contributed by atoms with E-state index in [2.05, 4.69) is 22.4 Å². The van der Waals surface area contributed by atoms with Gasteiger partial charge in [-0.2, -0.15) is 0 Å². The van der Waals surface area contributed by atoms with Crippen molar-refractivity contribution in [2.24, 2.45) is 5.92 Å². The molecule has 2 aliphatic rings. The molecule has 1 aromatic rings. The molecule has 1 aromatic heterocycles. The summed E-state index contributed by atoms with van der Waals surface area (Å²) in [7, 11) is 1.52. The Kier molecular flexibility index (Phi) is 4.41. The van der Waals surface area contributed by atoms with E-state index < -0.39 is 0 Å². The monoisotopic (exact) mass is 293 g/mol. The Morgan fingerprint density at radius 3 is 3.05 bits per heavy atom. The SMILES string of the molecule is COC(=O)[C@@H]1C[C@@H]2CCCC[C@H]2N1CCc1cccs1. The van der Waals surface area contributed by atoms with Crippen molar-refractivity contribution in [2.75, 3.05) is 13.7 Å². The van der Waals surface area contributed by atoms with Crippen LogP contribution < -0.4 is 0 Å². The van der Waals surface area contributed by atoms with E-state index in [4.69, 9.17) is 4.74 Å². The number of hydrogen-bond donors (Lipinski definition) is 0. The Balaban J connectivity index is 1.70. The van der Waals surface area contributed by atoms with Crippen LogP contribution in [0.4, 0.5) is 0 Å². The number of methoxy groups -OCH3 is 1. The number of likely N-dealkylation sites (tertiary alicyclic amines) is 1. The van der Waals surface area contributed by atoms with Crippen LogP contribution in [0.3, 0.4) is 0 Å². The molecule has 4 heteroatoms. The van der Waals surface area contributed by atoms with Gasteiger partial charge in [-0.3, -0.25) is 9.69 Å². The Bertz CT molecular complexity index is 445. The summed E-state index contributed by atoms with van der Waals surface area (Å²) in [6, 6.07) is 4.89. The fourth-order valence-electron chi connectivity index (χ4n) is 3.94. The molecule has 0 N–H and O–H groups in total. The molecule has 1 aliphatic heterocycles. The second kappa shape index (κ2) is 6.27. The molecule has 20 heavy (non-hydrogen) atoms. The maximum Gasteiger partial charge on any atom is 0.323 e. The van der Waals surface area contributed by atoms with Crippen molar-refractivity contribution in [3.8, 4) is 0 Å². The summed E-state index contributed by atoms with van der Waals surface area (Å²) in [5, 5.41) is 2.13. The first kappa shape index (κ1) is 14.1. The van der Waals surface area contributed by atoms with Crippen molar-refractivity contribution in [1.29, 1.82) is 0 Å². The summed E-state index contributed by atoms with van der Waals surface area (Å²) in [5.74, 6) is 0.668. The summed E-state index contributed by atoms with van der Waals surface area (Å²) in [5.41, 5.74) is 0. The Morgan fingerprint density at radius 2 is 2.30 bits per heavy atom. The summed E-state index contributed by atoms with van der Waals surface area (Å²) < 4.78 is 5.03. The van der Waals surface area contributed by atoms with Crippen LogP contribution in [-0.4, -0.2) is 36.6 Å². The van der Waals surface area contributed by atoms with E-state index in [-0.39, 0.29) is 12.0 Å². The Labute approximate surface area is 124 Å². The fourth-order valence-corrected chi connectivity index (χ4v) is 4.63. The molecular weight excluding hydrogens is 270 g/mol. The third kappa shape index (κ3) is 2.77. The first-order valence-corrected chi connectivity index (χ1v) is 8.53. The topological polar surface area (TPSA) is 29.5 Å². The van der Waals surface area contributed by atoms with Crippen LogP contribution in [0.1, 0.15) is 37.0 Å². The molecule has 3 nitrogen and oxygen atoms in total. The van der Waals surface area contributed by atoms with Gasteiger partial charge in [0.15, 0.2) is 0 Å². The molecule has 0 bridgehead atoms. The predicted molar refractivity (Wildman–Crippen MR) is 80.9 cm³/mol. The van der Waals surface area contributed by atoms with Crippen molar-refractivity contribution in [3.63, 3.8) is 0 Å². The maximum absolute atomic E-state index is 12.1. The van der Waals surface area contributed by atoms with E-state index in [1.807, 2.05) is 11.3 Å². The van der Waals surface area contributed by atoms with Gasteiger partial charge in [0.1, 0.15) is 6.04 Å². The largest absolute Gasteiger partial charge is 0.468 e. The van der Waals surface area contributed by atoms with E-state index in [0.29, 0.717) is 12.0 Å². The summed E-state index contributed by atoms with van der Waals surface area (Å²) in [4.78, 5) is 15.9. The first-order valence-electron chi connectivity index (χ1n) is 7.65. The quantitative estimate of drug-likeness (QED) is 0.799. The van der Waals surface area contributed by atoms with Crippen molar-refractivity contribution in [3.05, 3.63) is 22.4 Å². The van der Waals surface area contributed by atoms with Crippen LogP contribution in [-0.2, 0) is 16.0 Å². The number of thiophene rings is 1. The molecule has 0 unspecified atom stereocenters. The lowest BCUT2D eigenvalue weighted by molar-refractivity contribution is -0.146. The summed E-state index contributed by atoms with van der Waals surface area (Å²) >= 11 is 1.81. The van der Waals surface area contributed by atoms with Crippen molar-refractivity contribution < 1.29 is 9.53 Å². The second-order valence-electron chi connectivity index (χ2n) is 5.95. The molecule has 0 spiro atoms. The highest BCUT2D eigenvalue weighted by molar-refractivity contribution is 7.09. The third-order valence-electron chi connectivity index (χ3n) is 4.89. The standard InChI is InChI=1S/C16H23NO2S/c1-19-16(18)15-11-12-5-2-3-7-14(12)17(15)9-8-13-6-4-10-20-13/h4,6,10,12,14-15H,2-3,5,7-9,11H2,1H3/t12-,14+,15-/m0/s1. The van der Waals surface area contributed by atoms with Gasteiger partial charge in [-0.15, -0.1) is 11.3 Å². The van der Waals surface area contributed by atoms with Gasteiger partial charge < -0.3 is 4.74 Å². The van der Waals surface area contributed by atoms with Gasteiger partial charge in [-0.05, 0) is 43.0 Å². The minimum absolute atomic E-state index is 0.00642. The van der Waals surface area contributed by atoms with Crippen molar-refractivity contribution >= 4 is 17.3 Å². The number of hydrogen-bond acceptors (Lipinski definition) is 4. The van der Waals surface area contributed by atoms with Crippen molar-refractivity contribution in [1.82, 2.24) is 4.90 Å². The highest BCUT2D eigenvalue weighted by Gasteiger charge is 2.45. The van der Waals surface area contributed by atoms with Gasteiger partial charge in [0, 0.05) is 17.5 Å². The number of carbonyl (C=O) groups excluding carboxylic acids is 1. The normalized spacial score (nSPS) is 30.1. The molecule has 0 aromatic carbocycles. The lowest BCUT2D eigenvalue weighted by atomic mass is 9.85. The smallest absolute Gasteiger partial charge is 0.323 e. The van der Waals surface area contributed by atoms with E-state index in [1.54, 1.807) is 0 Å². The lowest BCUT2D eigenvalue weighted by Crippen LogP contribution is -2.43. The van der Waals surface area contributed by atoms with Gasteiger partial charge in [-0.25, -0.2) is 0 Å². The van der Waals surface area contributed by atoms with Crippen molar-refractivity contribution in [2.45, 2.75) is 50.6 Å². The second-order valence-corrected chi connectivity index (χ2v) is 6.99. The fraction of sp³-hybridized carbons (Fsp3) is 0.688. The van der Waals surface area contributed by atoms with Crippen LogP contribution in [0.15, 0.2) is 17.5 Å². The molecule has 110 valence electrons. The maximum atomic E-state index is 12.1. The number of ether oxygens (including phenoxy) is 1. The van der Waals surface area contributed by atoms with Gasteiger partial charge >= 0.3 is 5.97 Å². The zero-order valence-corrected chi connectivity index (χ0v) is 12.9.